The van der Waals surface area contributed by atoms with Gasteiger partial charge in [-0.3, -0.25) is 4.79 Å². The van der Waals surface area contributed by atoms with Crippen molar-refractivity contribution in [1.29, 1.82) is 0 Å². The lowest BCUT2D eigenvalue weighted by Crippen LogP contribution is -2.47. The molecule has 0 N–H and O–H groups in total. The number of pyridine rings is 1. The quantitative estimate of drug-likeness (QED) is 0.853. The molecule has 23 heavy (non-hydrogen) atoms. The summed E-state index contributed by atoms with van der Waals surface area (Å²) in [7, 11) is 0. The molecule has 1 saturated heterocycles. The van der Waals surface area contributed by atoms with Crippen LogP contribution in [0.25, 0.3) is 0 Å². The lowest BCUT2D eigenvalue weighted by molar-refractivity contribution is 0.280. The molecule has 1 saturated carbocycles. The van der Waals surface area contributed by atoms with Gasteiger partial charge in [0.15, 0.2) is 0 Å². The van der Waals surface area contributed by atoms with Crippen molar-refractivity contribution < 1.29 is 0 Å². The van der Waals surface area contributed by atoms with Crippen molar-refractivity contribution in [1.82, 2.24) is 14.5 Å². The molecule has 4 heterocycles. The second-order valence-corrected chi connectivity index (χ2v) is 7.15. The van der Waals surface area contributed by atoms with Crippen molar-refractivity contribution in [3.8, 4) is 0 Å². The number of anilines is 1. The molecular formula is C18H20N4O. The molecule has 3 aliphatic rings. The molecule has 5 heteroatoms. The van der Waals surface area contributed by atoms with Crippen molar-refractivity contribution in [3.05, 3.63) is 52.3 Å². The summed E-state index contributed by atoms with van der Waals surface area (Å²) >= 11 is 0. The number of fused-ring (bicyclic) bond motifs is 4. The molecule has 2 fully saturated rings. The molecule has 0 spiro atoms. The minimum Gasteiger partial charge on any atom is -0.355 e. The smallest absolute Gasteiger partial charge is 0.250 e. The summed E-state index contributed by atoms with van der Waals surface area (Å²) in [6.07, 6.45) is 5.54. The van der Waals surface area contributed by atoms with Crippen LogP contribution in [-0.4, -0.2) is 27.6 Å². The van der Waals surface area contributed by atoms with Gasteiger partial charge in [0.1, 0.15) is 11.6 Å². The highest BCUT2D eigenvalue weighted by Crippen LogP contribution is 2.39. The highest BCUT2D eigenvalue weighted by molar-refractivity contribution is 5.40. The average Bonchev–Trinajstić information content (AvgIpc) is 3.41. The van der Waals surface area contributed by atoms with Crippen molar-refractivity contribution in [2.75, 3.05) is 18.0 Å². The van der Waals surface area contributed by atoms with Crippen LogP contribution in [0.2, 0.25) is 0 Å². The first-order valence-corrected chi connectivity index (χ1v) is 8.55. The summed E-state index contributed by atoms with van der Waals surface area (Å²) in [6, 6.07) is 7.71. The Hall–Kier alpha value is -2.17. The van der Waals surface area contributed by atoms with E-state index in [0.29, 0.717) is 17.8 Å². The molecule has 2 unspecified atom stereocenters. The lowest BCUT2D eigenvalue weighted by atomic mass is 9.83. The van der Waals surface area contributed by atoms with Gasteiger partial charge in [0, 0.05) is 49.4 Å². The fourth-order valence-corrected chi connectivity index (χ4v) is 4.16. The van der Waals surface area contributed by atoms with Crippen LogP contribution in [0.4, 0.5) is 5.82 Å². The highest BCUT2D eigenvalue weighted by Gasteiger charge is 2.35. The van der Waals surface area contributed by atoms with Crippen molar-refractivity contribution in [2.24, 2.45) is 5.92 Å². The Labute approximate surface area is 135 Å². The average molecular weight is 308 g/mol. The van der Waals surface area contributed by atoms with E-state index in [1.54, 1.807) is 6.07 Å². The van der Waals surface area contributed by atoms with Crippen LogP contribution in [-0.2, 0) is 6.54 Å². The van der Waals surface area contributed by atoms with E-state index in [4.69, 9.17) is 4.98 Å². The summed E-state index contributed by atoms with van der Waals surface area (Å²) in [4.78, 5) is 23.7. The van der Waals surface area contributed by atoms with Crippen LogP contribution in [0.5, 0.6) is 0 Å². The molecule has 1 aliphatic carbocycles. The van der Waals surface area contributed by atoms with E-state index in [1.165, 1.54) is 25.0 Å². The standard InChI is InChI=1S/C18H20N4O/c23-17-3-1-2-15-14-8-12(10-22(15)17)9-21(11-14)16-6-7-19-18(20-16)13-4-5-13/h1-3,6-7,12-14H,4-5,8-11H2. The van der Waals surface area contributed by atoms with Gasteiger partial charge in [-0.15, -0.1) is 0 Å². The molecule has 5 rings (SSSR count). The van der Waals surface area contributed by atoms with Gasteiger partial charge >= 0.3 is 0 Å². The van der Waals surface area contributed by atoms with Crippen molar-refractivity contribution >= 4 is 5.82 Å². The Morgan fingerprint density at radius 3 is 2.83 bits per heavy atom. The predicted molar refractivity (Wildman–Crippen MR) is 87.8 cm³/mol. The molecule has 5 nitrogen and oxygen atoms in total. The van der Waals surface area contributed by atoms with Crippen LogP contribution >= 0.6 is 0 Å². The van der Waals surface area contributed by atoms with E-state index >= 15 is 0 Å². The third-order valence-electron chi connectivity index (χ3n) is 5.41. The maximum atomic E-state index is 12.1. The summed E-state index contributed by atoms with van der Waals surface area (Å²) in [5.41, 5.74) is 1.33. The van der Waals surface area contributed by atoms with Gasteiger partial charge in [-0.25, -0.2) is 9.97 Å². The molecule has 0 radical (unpaired) electrons. The summed E-state index contributed by atoms with van der Waals surface area (Å²) in [5.74, 6) is 3.60. The van der Waals surface area contributed by atoms with Crippen LogP contribution in [0.15, 0.2) is 35.3 Å². The minimum absolute atomic E-state index is 0.142. The summed E-state index contributed by atoms with van der Waals surface area (Å²) in [6.45, 7) is 2.77. The van der Waals surface area contributed by atoms with Crippen molar-refractivity contribution in [3.63, 3.8) is 0 Å². The largest absolute Gasteiger partial charge is 0.355 e. The molecule has 2 bridgehead atoms. The highest BCUT2D eigenvalue weighted by atomic mass is 16.1. The maximum Gasteiger partial charge on any atom is 0.250 e. The Morgan fingerprint density at radius 2 is 1.96 bits per heavy atom. The van der Waals surface area contributed by atoms with Gasteiger partial charge < -0.3 is 9.47 Å². The molecule has 2 aromatic rings. The van der Waals surface area contributed by atoms with E-state index in [1.807, 2.05) is 22.9 Å². The first-order chi connectivity index (χ1) is 11.3. The zero-order chi connectivity index (χ0) is 15.4. The van der Waals surface area contributed by atoms with Gasteiger partial charge in [-0.2, -0.15) is 0 Å². The molecule has 2 atom stereocenters. The van der Waals surface area contributed by atoms with Gasteiger partial charge in [0.25, 0.3) is 5.56 Å². The third-order valence-corrected chi connectivity index (χ3v) is 5.41. The zero-order valence-electron chi connectivity index (χ0n) is 13.1. The maximum absolute atomic E-state index is 12.1. The number of nitrogens with zero attached hydrogens (tertiary/aromatic N) is 4. The third kappa shape index (κ3) is 2.26. The first-order valence-electron chi connectivity index (χ1n) is 8.55. The molecule has 118 valence electrons. The SMILES string of the molecule is O=c1cccc2n1CC1CC2CN(c2ccnc(C3CC3)n2)C1. The zero-order valence-corrected chi connectivity index (χ0v) is 13.1. The first kappa shape index (κ1) is 13.3. The monoisotopic (exact) mass is 308 g/mol. The van der Waals surface area contributed by atoms with Crippen LogP contribution in [0, 0.1) is 5.92 Å². The second-order valence-electron chi connectivity index (χ2n) is 7.15. The Balaban J connectivity index is 1.47. The van der Waals surface area contributed by atoms with E-state index in [0.717, 1.165) is 31.3 Å². The molecule has 0 amide bonds. The second kappa shape index (κ2) is 4.91. The van der Waals surface area contributed by atoms with Gasteiger partial charge in [0.2, 0.25) is 0 Å². The predicted octanol–water partition coefficient (Wildman–Crippen LogP) is 2.14. The normalized spacial score (nSPS) is 26.0. The summed E-state index contributed by atoms with van der Waals surface area (Å²) in [5, 5.41) is 0. The van der Waals surface area contributed by atoms with Gasteiger partial charge in [0.05, 0.1) is 0 Å². The molecule has 2 aliphatic heterocycles. The van der Waals surface area contributed by atoms with E-state index in [-0.39, 0.29) is 5.56 Å². The van der Waals surface area contributed by atoms with Crippen molar-refractivity contribution in [2.45, 2.75) is 37.6 Å². The van der Waals surface area contributed by atoms with E-state index in [2.05, 4.69) is 16.0 Å². The number of hydrogen-bond acceptors (Lipinski definition) is 4. The fourth-order valence-electron chi connectivity index (χ4n) is 4.16. The van der Waals surface area contributed by atoms with Gasteiger partial charge in [-0.05, 0) is 37.3 Å². The van der Waals surface area contributed by atoms with E-state index in [9.17, 15) is 4.79 Å². The fraction of sp³-hybridized carbons (Fsp3) is 0.500. The molecular weight excluding hydrogens is 288 g/mol. The number of aromatic nitrogens is 3. The lowest BCUT2D eigenvalue weighted by Gasteiger charge is -2.43. The minimum atomic E-state index is 0.142. The number of piperidine rings is 1. The topological polar surface area (TPSA) is 51.0 Å². The van der Waals surface area contributed by atoms with Crippen LogP contribution in [0.3, 0.4) is 0 Å². The summed E-state index contributed by atoms with van der Waals surface area (Å²) < 4.78 is 1.98. The number of hydrogen-bond donors (Lipinski definition) is 0. The Kier molecular flexibility index (Phi) is 2.84. The molecule has 2 aromatic heterocycles. The van der Waals surface area contributed by atoms with E-state index < -0.39 is 0 Å². The Bertz CT molecular complexity index is 811. The van der Waals surface area contributed by atoms with Gasteiger partial charge in [-0.1, -0.05) is 6.07 Å². The molecule has 0 aromatic carbocycles. The van der Waals surface area contributed by atoms with Crippen LogP contribution in [0.1, 0.15) is 42.6 Å². The van der Waals surface area contributed by atoms with Crippen LogP contribution < -0.4 is 10.5 Å². The Morgan fingerprint density at radius 1 is 1.04 bits per heavy atom. The number of rotatable bonds is 2.